The Kier molecular flexibility index (Phi) is 3.33. The van der Waals surface area contributed by atoms with E-state index in [9.17, 15) is 0 Å². The van der Waals surface area contributed by atoms with Crippen LogP contribution in [0.4, 0.5) is 5.69 Å². The summed E-state index contributed by atoms with van der Waals surface area (Å²) in [7, 11) is 0. The number of nitrogens with zero attached hydrogens (tertiary/aromatic N) is 2. The minimum atomic E-state index is 0.800. The number of anilines is 1. The average molecular weight is 269 g/mol. The van der Waals surface area contributed by atoms with Crippen LogP contribution in [0.2, 0.25) is 0 Å². The fraction of sp³-hybridized carbons (Fsp3) is 0.133. The number of benzene rings is 1. The van der Waals surface area contributed by atoms with Crippen LogP contribution in [0.15, 0.2) is 54.2 Å². The molecule has 2 N–H and O–H groups in total. The van der Waals surface area contributed by atoms with Crippen LogP contribution in [-0.2, 0) is 13.0 Å². The molecule has 4 heteroatoms. The van der Waals surface area contributed by atoms with E-state index in [4.69, 9.17) is 5.73 Å². The SMILES string of the molecule is Nc1cccc(Cc2nccn2Cc2cccs2)c1. The molecule has 0 atom stereocenters. The lowest BCUT2D eigenvalue weighted by atomic mass is 10.1. The maximum atomic E-state index is 5.81. The Bertz CT molecular complexity index is 656. The maximum Gasteiger partial charge on any atom is 0.113 e. The highest BCUT2D eigenvalue weighted by molar-refractivity contribution is 7.09. The largest absolute Gasteiger partial charge is 0.399 e. The monoisotopic (exact) mass is 269 g/mol. The average Bonchev–Trinajstić information content (AvgIpc) is 3.03. The molecule has 3 nitrogen and oxygen atoms in total. The van der Waals surface area contributed by atoms with E-state index in [0.29, 0.717) is 0 Å². The predicted molar refractivity (Wildman–Crippen MR) is 79.3 cm³/mol. The fourth-order valence-electron chi connectivity index (χ4n) is 2.11. The Labute approximate surface area is 116 Å². The van der Waals surface area contributed by atoms with Crippen LogP contribution < -0.4 is 5.73 Å². The third-order valence-corrected chi connectivity index (χ3v) is 3.88. The molecule has 0 aliphatic rings. The normalized spacial score (nSPS) is 10.7. The molecule has 2 aromatic heterocycles. The van der Waals surface area contributed by atoms with Gasteiger partial charge in [-0.2, -0.15) is 0 Å². The number of hydrogen-bond donors (Lipinski definition) is 1. The molecule has 0 amide bonds. The lowest BCUT2D eigenvalue weighted by molar-refractivity contribution is 0.749. The Hall–Kier alpha value is -2.07. The second-order valence-corrected chi connectivity index (χ2v) is 5.50. The molecule has 0 unspecified atom stereocenters. The minimum absolute atomic E-state index is 0.800. The van der Waals surface area contributed by atoms with Gasteiger partial charge in [0.1, 0.15) is 5.82 Å². The number of imidazole rings is 1. The van der Waals surface area contributed by atoms with Crippen molar-refractivity contribution in [3.63, 3.8) is 0 Å². The summed E-state index contributed by atoms with van der Waals surface area (Å²) < 4.78 is 2.19. The van der Waals surface area contributed by atoms with Crippen LogP contribution in [0.25, 0.3) is 0 Å². The molecule has 0 saturated carbocycles. The van der Waals surface area contributed by atoms with Gasteiger partial charge in [-0.1, -0.05) is 18.2 Å². The molecule has 0 saturated heterocycles. The molecule has 96 valence electrons. The van der Waals surface area contributed by atoms with Gasteiger partial charge in [-0.05, 0) is 29.1 Å². The van der Waals surface area contributed by atoms with E-state index in [1.165, 1.54) is 10.4 Å². The molecule has 0 aliphatic heterocycles. The van der Waals surface area contributed by atoms with Crippen molar-refractivity contribution in [3.8, 4) is 0 Å². The van der Waals surface area contributed by atoms with Crippen molar-refractivity contribution in [2.24, 2.45) is 0 Å². The second kappa shape index (κ2) is 5.28. The molecule has 0 aliphatic carbocycles. The number of rotatable bonds is 4. The summed E-state index contributed by atoms with van der Waals surface area (Å²) in [5, 5.41) is 2.10. The summed E-state index contributed by atoms with van der Waals surface area (Å²) in [5.74, 6) is 1.07. The van der Waals surface area contributed by atoms with Crippen molar-refractivity contribution in [1.82, 2.24) is 9.55 Å². The Morgan fingerprint density at radius 1 is 1.21 bits per heavy atom. The number of hydrogen-bond acceptors (Lipinski definition) is 3. The molecule has 0 radical (unpaired) electrons. The lowest BCUT2D eigenvalue weighted by Gasteiger charge is -2.07. The number of thiophene rings is 1. The first-order chi connectivity index (χ1) is 9.31. The Balaban J connectivity index is 1.80. The van der Waals surface area contributed by atoms with Crippen molar-refractivity contribution in [2.75, 3.05) is 5.73 Å². The van der Waals surface area contributed by atoms with Crippen LogP contribution in [0, 0.1) is 0 Å². The summed E-state index contributed by atoms with van der Waals surface area (Å²) in [5.41, 5.74) is 7.80. The van der Waals surface area contributed by atoms with Crippen LogP contribution >= 0.6 is 11.3 Å². The molecule has 3 aromatic rings. The first kappa shape index (κ1) is 12.0. The molecule has 0 fully saturated rings. The topological polar surface area (TPSA) is 43.8 Å². The zero-order valence-corrected chi connectivity index (χ0v) is 11.3. The van der Waals surface area contributed by atoms with E-state index in [1.54, 1.807) is 11.3 Å². The molecule has 2 heterocycles. The summed E-state index contributed by atoms with van der Waals surface area (Å²) in [6, 6.07) is 12.2. The highest BCUT2D eigenvalue weighted by atomic mass is 32.1. The van der Waals surface area contributed by atoms with Gasteiger partial charge >= 0.3 is 0 Å². The second-order valence-electron chi connectivity index (χ2n) is 4.47. The van der Waals surface area contributed by atoms with Crippen molar-refractivity contribution in [2.45, 2.75) is 13.0 Å². The molecule has 0 bridgehead atoms. The van der Waals surface area contributed by atoms with Gasteiger partial charge < -0.3 is 10.3 Å². The zero-order valence-electron chi connectivity index (χ0n) is 10.5. The van der Waals surface area contributed by atoms with Crippen molar-refractivity contribution >= 4 is 17.0 Å². The summed E-state index contributed by atoms with van der Waals surface area (Å²) in [6.45, 7) is 0.884. The van der Waals surface area contributed by atoms with Gasteiger partial charge in [0.25, 0.3) is 0 Å². The number of aromatic nitrogens is 2. The summed E-state index contributed by atoms with van der Waals surface area (Å²) in [6.07, 6.45) is 4.69. The smallest absolute Gasteiger partial charge is 0.113 e. The highest BCUT2D eigenvalue weighted by Gasteiger charge is 2.05. The van der Waals surface area contributed by atoms with Gasteiger partial charge in [0.2, 0.25) is 0 Å². The molecular formula is C15H15N3S. The van der Waals surface area contributed by atoms with Gasteiger partial charge in [-0.15, -0.1) is 11.3 Å². The van der Waals surface area contributed by atoms with Gasteiger partial charge in [0.05, 0.1) is 6.54 Å². The van der Waals surface area contributed by atoms with E-state index in [1.807, 2.05) is 30.6 Å². The molecule has 3 rings (SSSR count). The first-order valence-corrected chi connectivity index (χ1v) is 7.06. The molecular weight excluding hydrogens is 254 g/mol. The van der Waals surface area contributed by atoms with Crippen molar-refractivity contribution in [3.05, 3.63) is 70.4 Å². The third-order valence-electron chi connectivity index (χ3n) is 3.02. The Morgan fingerprint density at radius 2 is 2.16 bits per heavy atom. The van der Waals surface area contributed by atoms with E-state index < -0.39 is 0 Å². The first-order valence-electron chi connectivity index (χ1n) is 6.18. The van der Waals surface area contributed by atoms with Gasteiger partial charge in [0.15, 0.2) is 0 Å². The maximum absolute atomic E-state index is 5.81. The van der Waals surface area contributed by atoms with E-state index in [2.05, 4.69) is 33.1 Å². The highest BCUT2D eigenvalue weighted by Crippen LogP contribution is 2.15. The Morgan fingerprint density at radius 3 is 2.95 bits per heavy atom. The summed E-state index contributed by atoms with van der Waals surface area (Å²) in [4.78, 5) is 5.79. The van der Waals surface area contributed by atoms with Gasteiger partial charge in [0, 0.05) is 29.4 Å². The lowest BCUT2D eigenvalue weighted by Crippen LogP contribution is -2.04. The third kappa shape index (κ3) is 2.85. The minimum Gasteiger partial charge on any atom is -0.399 e. The quantitative estimate of drug-likeness (QED) is 0.739. The zero-order chi connectivity index (χ0) is 13.1. The standard InChI is InChI=1S/C15H15N3S/c16-13-4-1-3-12(9-13)10-15-17-6-7-18(15)11-14-5-2-8-19-14/h1-9H,10-11,16H2. The molecule has 1 aromatic carbocycles. The van der Waals surface area contributed by atoms with Crippen LogP contribution in [0.3, 0.4) is 0 Å². The van der Waals surface area contributed by atoms with Gasteiger partial charge in [-0.25, -0.2) is 4.98 Å². The molecule has 19 heavy (non-hydrogen) atoms. The molecule has 0 spiro atoms. The van der Waals surface area contributed by atoms with Crippen LogP contribution in [0.5, 0.6) is 0 Å². The van der Waals surface area contributed by atoms with Gasteiger partial charge in [-0.3, -0.25) is 0 Å². The fourth-order valence-corrected chi connectivity index (χ4v) is 2.81. The van der Waals surface area contributed by atoms with Crippen LogP contribution in [0.1, 0.15) is 16.3 Å². The predicted octanol–water partition coefficient (Wildman–Crippen LogP) is 3.17. The number of nitrogen functional groups attached to an aromatic ring is 1. The van der Waals surface area contributed by atoms with E-state index in [-0.39, 0.29) is 0 Å². The van der Waals surface area contributed by atoms with E-state index in [0.717, 1.165) is 24.5 Å². The summed E-state index contributed by atoms with van der Waals surface area (Å²) >= 11 is 1.77. The number of nitrogens with two attached hydrogens (primary N) is 1. The van der Waals surface area contributed by atoms with Crippen LogP contribution in [-0.4, -0.2) is 9.55 Å². The van der Waals surface area contributed by atoms with Crippen molar-refractivity contribution < 1.29 is 0 Å². The van der Waals surface area contributed by atoms with Crippen molar-refractivity contribution in [1.29, 1.82) is 0 Å². The van der Waals surface area contributed by atoms with E-state index >= 15 is 0 Å².